The Balaban J connectivity index is 1.35. The number of likely N-dealkylation sites (tertiary alicyclic amines) is 1. The van der Waals surface area contributed by atoms with E-state index >= 15 is 0 Å². The average Bonchev–Trinajstić information content (AvgIpc) is 3.50. The SMILES string of the molecule is CC(OC(=O)N1CCC(C)(N(C)C(=O)c2cn3c(n2)CN(C2CC2)CC3)CC1)C(F)(F)F. The zero-order valence-electron chi connectivity index (χ0n) is 18.7. The summed E-state index contributed by atoms with van der Waals surface area (Å²) in [5.74, 6) is 0.718. The summed E-state index contributed by atoms with van der Waals surface area (Å²) < 4.78 is 44.5. The third kappa shape index (κ3) is 4.57. The Bertz CT molecular complexity index is 875. The average molecular weight is 457 g/mol. The number of halogens is 3. The van der Waals surface area contributed by atoms with Gasteiger partial charge < -0.3 is 19.1 Å². The molecule has 3 aliphatic rings. The van der Waals surface area contributed by atoms with E-state index in [0.29, 0.717) is 24.6 Å². The van der Waals surface area contributed by atoms with E-state index in [9.17, 15) is 22.8 Å². The Morgan fingerprint density at radius 1 is 1.22 bits per heavy atom. The van der Waals surface area contributed by atoms with Crippen LogP contribution < -0.4 is 0 Å². The molecule has 32 heavy (non-hydrogen) atoms. The van der Waals surface area contributed by atoms with Crippen LogP contribution in [-0.4, -0.2) is 86.8 Å². The summed E-state index contributed by atoms with van der Waals surface area (Å²) in [7, 11) is 1.72. The summed E-state index contributed by atoms with van der Waals surface area (Å²) in [5, 5.41) is 0. The molecular formula is C21H30F3N5O3. The maximum absolute atomic E-state index is 13.2. The van der Waals surface area contributed by atoms with Crippen LogP contribution >= 0.6 is 0 Å². The lowest BCUT2D eigenvalue weighted by Gasteiger charge is -2.44. The van der Waals surface area contributed by atoms with E-state index in [0.717, 1.165) is 32.4 Å². The van der Waals surface area contributed by atoms with Crippen molar-refractivity contribution in [2.75, 3.05) is 26.7 Å². The minimum atomic E-state index is -4.59. The zero-order valence-corrected chi connectivity index (χ0v) is 18.7. The lowest BCUT2D eigenvalue weighted by atomic mass is 9.88. The third-order valence-electron chi connectivity index (χ3n) is 7.07. The van der Waals surface area contributed by atoms with Gasteiger partial charge in [-0.3, -0.25) is 9.69 Å². The number of imidazole rings is 1. The van der Waals surface area contributed by atoms with E-state index < -0.39 is 23.9 Å². The van der Waals surface area contributed by atoms with Gasteiger partial charge in [-0.15, -0.1) is 0 Å². The van der Waals surface area contributed by atoms with Crippen molar-refractivity contribution in [2.45, 2.75) is 76.5 Å². The van der Waals surface area contributed by atoms with Crippen LogP contribution in [0.2, 0.25) is 0 Å². The molecule has 11 heteroatoms. The monoisotopic (exact) mass is 457 g/mol. The number of rotatable bonds is 4. The number of ether oxygens (including phenoxy) is 1. The van der Waals surface area contributed by atoms with Crippen molar-refractivity contribution in [1.29, 1.82) is 0 Å². The van der Waals surface area contributed by atoms with Crippen molar-refractivity contribution >= 4 is 12.0 Å². The highest BCUT2D eigenvalue weighted by Gasteiger charge is 2.42. The van der Waals surface area contributed by atoms with Gasteiger partial charge in [0.05, 0.1) is 6.54 Å². The van der Waals surface area contributed by atoms with Crippen LogP contribution in [0.1, 0.15) is 55.8 Å². The van der Waals surface area contributed by atoms with Gasteiger partial charge in [0, 0.05) is 51.0 Å². The first-order chi connectivity index (χ1) is 15.0. The Morgan fingerprint density at radius 2 is 1.88 bits per heavy atom. The van der Waals surface area contributed by atoms with Crippen LogP contribution in [0.15, 0.2) is 6.20 Å². The van der Waals surface area contributed by atoms with Crippen molar-refractivity contribution in [2.24, 2.45) is 0 Å². The summed E-state index contributed by atoms with van der Waals surface area (Å²) in [6.45, 7) is 5.71. The molecule has 2 amide bonds. The molecule has 2 aliphatic heterocycles. The number of carbonyl (C=O) groups is 2. The molecule has 1 atom stereocenters. The van der Waals surface area contributed by atoms with Crippen LogP contribution in [-0.2, 0) is 17.8 Å². The summed E-state index contributed by atoms with van der Waals surface area (Å²) in [6, 6.07) is 0.650. The van der Waals surface area contributed by atoms with E-state index in [2.05, 4.69) is 14.6 Å². The third-order valence-corrected chi connectivity index (χ3v) is 7.07. The van der Waals surface area contributed by atoms with Crippen molar-refractivity contribution < 1.29 is 27.5 Å². The Morgan fingerprint density at radius 3 is 2.47 bits per heavy atom. The summed E-state index contributed by atoms with van der Waals surface area (Å²) in [4.78, 5) is 35.2. The second-order valence-electron chi connectivity index (χ2n) is 9.35. The van der Waals surface area contributed by atoms with Gasteiger partial charge in [-0.25, -0.2) is 9.78 Å². The number of nitrogens with zero attached hydrogens (tertiary/aromatic N) is 5. The number of fused-ring (bicyclic) bond motifs is 1. The molecule has 178 valence electrons. The Labute approximate surface area is 185 Å². The summed E-state index contributed by atoms with van der Waals surface area (Å²) in [6.07, 6.45) is -2.58. The Hall–Kier alpha value is -2.30. The van der Waals surface area contributed by atoms with E-state index in [1.807, 2.05) is 17.7 Å². The molecule has 1 aliphatic carbocycles. The lowest BCUT2D eigenvalue weighted by Crippen LogP contribution is -2.55. The quantitative estimate of drug-likeness (QED) is 0.696. The van der Waals surface area contributed by atoms with Gasteiger partial charge in [-0.05, 0) is 39.5 Å². The molecule has 1 unspecified atom stereocenters. The number of carbonyl (C=O) groups excluding carboxylic acids is 2. The van der Waals surface area contributed by atoms with Crippen molar-refractivity contribution in [1.82, 2.24) is 24.3 Å². The molecule has 3 heterocycles. The first-order valence-electron chi connectivity index (χ1n) is 11.1. The normalized spacial score (nSPS) is 22.2. The maximum Gasteiger partial charge on any atom is 0.425 e. The van der Waals surface area contributed by atoms with E-state index in [1.165, 1.54) is 17.7 Å². The highest BCUT2D eigenvalue weighted by atomic mass is 19.4. The lowest BCUT2D eigenvalue weighted by molar-refractivity contribution is -0.200. The molecule has 0 spiro atoms. The minimum Gasteiger partial charge on any atom is -0.437 e. The van der Waals surface area contributed by atoms with Crippen molar-refractivity contribution in [3.05, 3.63) is 17.7 Å². The molecule has 2 fully saturated rings. The van der Waals surface area contributed by atoms with Crippen LogP contribution in [0.25, 0.3) is 0 Å². The molecule has 0 N–H and O–H groups in total. The molecule has 0 radical (unpaired) electrons. The van der Waals surface area contributed by atoms with Gasteiger partial charge in [-0.1, -0.05) is 0 Å². The second-order valence-corrected chi connectivity index (χ2v) is 9.35. The van der Waals surface area contributed by atoms with Gasteiger partial charge in [0.1, 0.15) is 11.5 Å². The molecule has 1 aromatic rings. The summed E-state index contributed by atoms with van der Waals surface area (Å²) in [5.41, 5.74) is -0.129. The first-order valence-corrected chi connectivity index (χ1v) is 11.1. The van der Waals surface area contributed by atoms with Crippen LogP contribution in [0.4, 0.5) is 18.0 Å². The van der Waals surface area contributed by atoms with Gasteiger partial charge in [-0.2, -0.15) is 13.2 Å². The number of aromatic nitrogens is 2. The van der Waals surface area contributed by atoms with E-state index in [-0.39, 0.29) is 19.0 Å². The fourth-order valence-corrected chi connectivity index (χ4v) is 4.34. The molecule has 1 aromatic heterocycles. The fraction of sp³-hybridized carbons (Fsp3) is 0.762. The summed E-state index contributed by atoms with van der Waals surface area (Å²) >= 11 is 0. The maximum atomic E-state index is 13.2. The van der Waals surface area contributed by atoms with Crippen LogP contribution in [0.5, 0.6) is 0 Å². The number of alkyl halides is 3. The van der Waals surface area contributed by atoms with Crippen LogP contribution in [0, 0.1) is 0 Å². The molecule has 4 rings (SSSR count). The zero-order chi connectivity index (χ0) is 23.3. The largest absolute Gasteiger partial charge is 0.437 e. The van der Waals surface area contributed by atoms with Crippen molar-refractivity contribution in [3.8, 4) is 0 Å². The standard InChI is InChI=1S/C21H30F3N5O3/c1-14(21(22,23)24)32-19(31)27-8-6-20(2,7-9-27)26(3)18(30)16-12-29-11-10-28(15-4-5-15)13-17(29)25-16/h12,14-15H,4-11,13H2,1-3H3. The van der Waals surface area contributed by atoms with E-state index in [1.54, 1.807) is 11.9 Å². The topological polar surface area (TPSA) is 70.9 Å². The molecule has 0 aromatic carbocycles. The highest BCUT2D eigenvalue weighted by Crippen LogP contribution is 2.32. The predicted octanol–water partition coefficient (Wildman–Crippen LogP) is 2.88. The number of hydrogen-bond donors (Lipinski definition) is 0. The predicted molar refractivity (Wildman–Crippen MR) is 109 cm³/mol. The van der Waals surface area contributed by atoms with Crippen LogP contribution in [0.3, 0.4) is 0 Å². The van der Waals surface area contributed by atoms with Gasteiger partial charge in [0.25, 0.3) is 5.91 Å². The Kier molecular flexibility index (Phi) is 5.89. The molecular weight excluding hydrogens is 427 g/mol. The first kappa shape index (κ1) is 22.9. The van der Waals surface area contributed by atoms with E-state index in [4.69, 9.17) is 0 Å². The molecule has 1 saturated heterocycles. The number of hydrogen-bond acceptors (Lipinski definition) is 5. The van der Waals surface area contributed by atoms with Gasteiger partial charge in [0.15, 0.2) is 6.10 Å². The molecule has 1 saturated carbocycles. The highest BCUT2D eigenvalue weighted by molar-refractivity contribution is 5.92. The number of amides is 2. The number of piperidine rings is 1. The molecule has 8 nitrogen and oxygen atoms in total. The smallest absolute Gasteiger partial charge is 0.425 e. The second kappa shape index (κ2) is 8.24. The fourth-order valence-electron chi connectivity index (χ4n) is 4.34. The van der Waals surface area contributed by atoms with Gasteiger partial charge in [0.2, 0.25) is 0 Å². The minimum absolute atomic E-state index is 0.186. The van der Waals surface area contributed by atoms with Crippen molar-refractivity contribution in [3.63, 3.8) is 0 Å². The molecule has 0 bridgehead atoms. The van der Waals surface area contributed by atoms with Gasteiger partial charge >= 0.3 is 12.3 Å².